The zero-order valence-electron chi connectivity index (χ0n) is 27.7. The Morgan fingerprint density at radius 2 is 1.17 bits per heavy atom. The van der Waals surface area contributed by atoms with Crippen LogP contribution in [-0.2, 0) is 38.3 Å². The summed E-state index contributed by atoms with van der Waals surface area (Å²) in [6.07, 6.45) is 2.62. The van der Waals surface area contributed by atoms with Crippen LogP contribution in [0.4, 0.5) is 0 Å². The Kier molecular flexibility index (Phi) is 15.6. The fraction of sp³-hybridized carbons (Fsp3) is 0.821. The molecule has 0 fully saturated rings. The topological polar surface area (TPSA) is 153 Å². The molecular weight excluding hydrogens is 534 g/mol. The molecule has 0 atom stereocenters. The number of ether oxygens (including phenoxy) is 3. The van der Waals surface area contributed by atoms with Gasteiger partial charge >= 0.3 is 17.9 Å². The monoisotopic (exact) mass is 594 g/mol. The van der Waals surface area contributed by atoms with Crippen molar-refractivity contribution in [1.29, 1.82) is 0 Å². The van der Waals surface area contributed by atoms with Gasteiger partial charge in [-0.25, -0.2) is 0 Å². The lowest BCUT2D eigenvalue weighted by molar-refractivity contribution is -1.19. The lowest BCUT2D eigenvalue weighted by atomic mass is 10.1. The van der Waals surface area contributed by atoms with Gasteiger partial charge in [0.2, 0.25) is 11.4 Å². The summed E-state index contributed by atoms with van der Waals surface area (Å²) in [5.41, 5.74) is 6.71. The lowest BCUT2D eigenvalue weighted by Gasteiger charge is -2.53. The van der Waals surface area contributed by atoms with E-state index in [4.69, 9.17) is 23.9 Å². The summed E-state index contributed by atoms with van der Waals surface area (Å²) in [6, 6.07) is 0. The van der Waals surface area contributed by atoms with Gasteiger partial charge in [0, 0.05) is 34.1 Å². The van der Waals surface area contributed by atoms with Crippen LogP contribution in [0.5, 0.6) is 0 Å². The molecule has 0 amide bonds. The van der Waals surface area contributed by atoms with Gasteiger partial charge in [-0.3, -0.25) is 18.9 Å². The van der Waals surface area contributed by atoms with E-state index in [1.165, 1.54) is 0 Å². The maximum absolute atomic E-state index is 12.6. The second-order valence-electron chi connectivity index (χ2n) is 12.9. The molecular formula is C28H60N5O8+5. The SMILES string of the molecule is CC(C)(O[N+](C)(C)C)[N+](C)(C)C(C)(C)O[N+](C)(C)CCC(=O)OCC=C(CCOC(=O)CC[NH3+])COC(=O)CC[NH3+]. The first-order valence-corrected chi connectivity index (χ1v) is 14.2. The molecule has 0 rings (SSSR count). The highest BCUT2D eigenvalue weighted by molar-refractivity contribution is 5.70. The third kappa shape index (κ3) is 15.1. The highest BCUT2D eigenvalue weighted by Crippen LogP contribution is 2.35. The second-order valence-corrected chi connectivity index (χ2v) is 12.9. The molecule has 13 nitrogen and oxygen atoms in total. The van der Waals surface area contributed by atoms with Gasteiger partial charge in [-0.15, -0.1) is 9.68 Å². The van der Waals surface area contributed by atoms with Crippen molar-refractivity contribution >= 4 is 17.9 Å². The predicted octanol–water partition coefficient (Wildman–Crippen LogP) is -0.219. The molecule has 6 N–H and O–H groups in total. The van der Waals surface area contributed by atoms with Crippen LogP contribution in [-0.4, -0.2) is 132 Å². The maximum atomic E-state index is 12.6. The Balaban J connectivity index is 5.12. The fourth-order valence-corrected chi connectivity index (χ4v) is 3.99. The van der Waals surface area contributed by atoms with E-state index < -0.39 is 11.4 Å². The minimum atomic E-state index is -0.675. The first-order chi connectivity index (χ1) is 18.6. The smallest absolute Gasteiger partial charge is 0.311 e. The van der Waals surface area contributed by atoms with Gasteiger partial charge in [-0.1, -0.05) is 0 Å². The largest absolute Gasteiger partial charge is 0.465 e. The molecule has 0 radical (unpaired) electrons. The first kappa shape index (κ1) is 38.9. The lowest BCUT2D eigenvalue weighted by Crippen LogP contribution is -2.72. The molecule has 0 aliphatic heterocycles. The zero-order chi connectivity index (χ0) is 32.1. The Bertz CT molecular complexity index is 879. The van der Waals surface area contributed by atoms with E-state index in [-0.39, 0.29) is 61.6 Å². The van der Waals surface area contributed by atoms with Gasteiger partial charge in [0.25, 0.3) is 0 Å². The van der Waals surface area contributed by atoms with E-state index in [1.807, 2.05) is 62.9 Å². The summed E-state index contributed by atoms with van der Waals surface area (Å²) >= 11 is 0. The summed E-state index contributed by atoms with van der Waals surface area (Å²) in [6.45, 7) is 9.55. The van der Waals surface area contributed by atoms with Gasteiger partial charge in [0.1, 0.15) is 19.8 Å². The van der Waals surface area contributed by atoms with Crippen molar-refractivity contribution in [2.45, 2.75) is 64.8 Å². The van der Waals surface area contributed by atoms with Crippen molar-refractivity contribution in [2.75, 3.05) is 88.8 Å². The van der Waals surface area contributed by atoms with Crippen molar-refractivity contribution in [1.82, 2.24) is 0 Å². The number of rotatable bonds is 20. The van der Waals surface area contributed by atoms with Crippen LogP contribution in [0.25, 0.3) is 0 Å². The van der Waals surface area contributed by atoms with Crippen LogP contribution in [0, 0.1) is 0 Å². The summed E-state index contributed by atoms with van der Waals surface area (Å²) in [5, 5.41) is 0. The van der Waals surface area contributed by atoms with Gasteiger partial charge in [-0.05, 0) is 11.6 Å². The van der Waals surface area contributed by atoms with Crippen LogP contribution in [0.3, 0.4) is 0 Å². The minimum absolute atomic E-state index is 0.00809. The maximum Gasteiger partial charge on any atom is 0.311 e. The number of hydroxylamine groups is 6. The van der Waals surface area contributed by atoms with Crippen LogP contribution in [0.15, 0.2) is 11.6 Å². The fourth-order valence-electron chi connectivity index (χ4n) is 3.99. The molecule has 0 aliphatic carbocycles. The quantitative estimate of drug-likeness (QED) is 0.0490. The van der Waals surface area contributed by atoms with Crippen molar-refractivity contribution in [3.8, 4) is 0 Å². The predicted molar refractivity (Wildman–Crippen MR) is 152 cm³/mol. The number of hydrogen-bond donors (Lipinski definition) is 2. The van der Waals surface area contributed by atoms with Crippen molar-refractivity contribution in [3.05, 3.63) is 11.6 Å². The van der Waals surface area contributed by atoms with E-state index in [9.17, 15) is 14.4 Å². The molecule has 13 heteroatoms. The number of quaternary nitrogens is 5. The van der Waals surface area contributed by atoms with Crippen molar-refractivity contribution < 1.29 is 63.5 Å². The highest BCUT2D eigenvalue weighted by atomic mass is 16.8. The molecule has 0 saturated heterocycles. The average Bonchev–Trinajstić information content (AvgIpc) is 2.79. The summed E-state index contributed by atoms with van der Waals surface area (Å²) < 4.78 is 16.7. The zero-order valence-corrected chi connectivity index (χ0v) is 27.7. The molecule has 0 spiro atoms. The van der Waals surface area contributed by atoms with Gasteiger partial charge < -0.3 is 25.7 Å². The van der Waals surface area contributed by atoms with Crippen molar-refractivity contribution in [3.63, 3.8) is 0 Å². The first-order valence-electron chi connectivity index (χ1n) is 14.2. The summed E-state index contributed by atoms with van der Waals surface area (Å²) in [4.78, 5) is 48.8. The molecule has 0 aromatic heterocycles. The molecule has 240 valence electrons. The molecule has 0 aromatic carbocycles. The standard InChI is InChI=1S/C28H58N5O8/c1-27(2,40-31(5,6)7)33(10,11)28(3,4)41-32(8,9)19-14-26(36)38-21-16-23(22-39-25(35)13-18-30)15-20-37-24(34)12-17-29/h16H,12-15,17-22,29-30H2,1-11H3/q+3/p+2. The number of carbonyl (C=O) groups excluding carboxylic acids is 3. The molecule has 0 heterocycles. The molecule has 0 unspecified atom stereocenters. The Morgan fingerprint density at radius 3 is 1.68 bits per heavy atom. The number of hydrogen-bond acceptors (Lipinski definition) is 8. The molecule has 41 heavy (non-hydrogen) atoms. The van der Waals surface area contributed by atoms with E-state index >= 15 is 0 Å². The normalized spacial score (nSPS) is 13.6. The Hall–Kier alpha value is -2.13. The third-order valence-corrected chi connectivity index (χ3v) is 7.00. The van der Waals surface area contributed by atoms with E-state index in [0.29, 0.717) is 40.8 Å². The van der Waals surface area contributed by atoms with Crippen LogP contribution < -0.4 is 11.5 Å². The second kappa shape index (κ2) is 16.5. The third-order valence-electron chi connectivity index (χ3n) is 7.00. The average molecular weight is 595 g/mol. The number of carbonyl (C=O) groups is 3. The number of nitrogens with zero attached hydrogens (tertiary/aromatic N) is 3. The summed E-state index contributed by atoms with van der Waals surface area (Å²) in [7, 11) is 13.8. The molecule has 0 aliphatic rings. The Labute approximate surface area is 246 Å². The van der Waals surface area contributed by atoms with E-state index in [1.54, 1.807) is 6.08 Å². The van der Waals surface area contributed by atoms with E-state index in [0.717, 1.165) is 0 Å². The van der Waals surface area contributed by atoms with Crippen LogP contribution in [0.1, 0.15) is 53.4 Å². The molecule has 0 aromatic rings. The van der Waals surface area contributed by atoms with Crippen LogP contribution >= 0.6 is 0 Å². The van der Waals surface area contributed by atoms with Crippen molar-refractivity contribution in [2.24, 2.45) is 0 Å². The minimum Gasteiger partial charge on any atom is -0.465 e. The summed E-state index contributed by atoms with van der Waals surface area (Å²) in [5.74, 6) is -1.08. The van der Waals surface area contributed by atoms with Gasteiger partial charge in [0.05, 0.1) is 88.3 Å². The van der Waals surface area contributed by atoms with Gasteiger partial charge in [0.15, 0.2) is 0 Å². The van der Waals surface area contributed by atoms with E-state index in [2.05, 4.69) is 25.6 Å². The molecule has 0 saturated carbocycles. The van der Waals surface area contributed by atoms with Crippen LogP contribution in [0.2, 0.25) is 0 Å². The Morgan fingerprint density at radius 1 is 0.683 bits per heavy atom. The number of esters is 3. The molecule has 0 bridgehead atoms. The van der Waals surface area contributed by atoms with Gasteiger partial charge in [-0.2, -0.15) is 9.29 Å². The highest BCUT2D eigenvalue weighted by Gasteiger charge is 2.56.